The second kappa shape index (κ2) is 6.97. The van der Waals surface area contributed by atoms with Crippen LogP contribution in [-0.2, 0) is 6.42 Å². The number of hydrogen-bond donors (Lipinski definition) is 1. The van der Waals surface area contributed by atoms with E-state index in [2.05, 4.69) is 34.3 Å². The summed E-state index contributed by atoms with van der Waals surface area (Å²) in [6.07, 6.45) is 0.843. The van der Waals surface area contributed by atoms with Gasteiger partial charge in [0, 0.05) is 6.42 Å². The molecule has 0 radical (unpaired) electrons. The first kappa shape index (κ1) is 16.9. The normalized spacial score (nSPS) is 11.3. The van der Waals surface area contributed by atoms with Crippen molar-refractivity contribution in [2.45, 2.75) is 20.3 Å². The fraction of sp³-hybridized carbons (Fsp3) is 0.222. The molecule has 1 N–H and O–H groups in total. The molecule has 132 valence electrons. The van der Waals surface area contributed by atoms with E-state index in [4.69, 9.17) is 4.42 Å². The number of nitrogens with one attached hydrogen (secondary N) is 1. The second-order valence-electron chi connectivity index (χ2n) is 6.20. The quantitative estimate of drug-likeness (QED) is 0.531. The van der Waals surface area contributed by atoms with Crippen molar-refractivity contribution in [3.8, 4) is 10.8 Å². The van der Waals surface area contributed by atoms with Crippen molar-refractivity contribution in [1.82, 2.24) is 15.2 Å². The van der Waals surface area contributed by atoms with E-state index in [0.717, 1.165) is 26.7 Å². The lowest BCUT2D eigenvalue weighted by Gasteiger charge is -1.98. The minimum Gasteiger partial charge on any atom is -0.448 e. The lowest BCUT2D eigenvalue weighted by molar-refractivity contribution is 0.0997. The van der Waals surface area contributed by atoms with Crippen LogP contribution in [0.4, 0.5) is 5.13 Å². The Hall–Kier alpha value is -2.58. The Morgan fingerprint density at radius 1 is 1.15 bits per heavy atom. The van der Waals surface area contributed by atoms with Crippen LogP contribution in [0, 0.1) is 5.92 Å². The van der Waals surface area contributed by atoms with Crippen LogP contribution in [-0.4, -0.2) is 21.1 Å². The van der Waals surface area contributed by atoms with Gasteiger partial charge in [0.2, 0.25) is 5.13 Å². The van der Waals surface area contributed by atoms with Crippen molar-refractivity contribution in [2.75, 3.05) is 5.32 Å². The topological polar surface area (TPSA) is 80.9 Å². The number of anilines is 1. The Morgan fingerprint density at radius 2 is 2.00 bits per heavy atom. The molecule has 0 bridgehead atoms. The summed E-state index contributed by atoms with van der Waals surface area (Å²) in [6.45, 7) is 4.23. The minimum absolute atomic E-state index is 0.222. The number of thiazole rings is 1. The largest absolute Gasteiger partial charge is 0.448 e. The molecule has 4 aromatic rings. The van der Waals surface area contributed by atoms with Crippen LogP contribution in [0.3, 0.4) is 0 Å². The van der Waals surface area contributed by atoms with Gasteiger partial charge in [-0.2, -0.15) is 0 Å². The van der Waals surface area contributed by atoms with Gasteiger partial charge in [-0.05, 0) is 30.2 Å². The first-order valence-corrected chi connectivity index (χ1v) is 9.81. The standard InChI is InChI=1S/C18H16N4O2S2/c1-10(2)9-15-21-22-18(26-15)20-16(23)12-7-8-13(24-12)17-19-11-5-3-4-6-14(11)25-17/h3-8,10H,9H2,1-2H3,(H,20,22,23). The summed E-state index contributed by atoms with van der Waals surface area (Å²) in [4.78, 5) is 16.9. The number of amides is 1. The molecule has 0 spiro atoms. The Balaban J connectivity index is 1.50. The first-order chi connectivity index (χ1) is 12.6. The average molecular weight is 384 g/mol. The van der Waals surface area contributed by atoms with E-state index in [1.807, 2.05) is 24.3 Å². The molecule has 0 saturated heterocycles. The van der Waals surface area contributed by atoms with Gasteiger partial charge in [0.1, 0.15) is 5.01 Å². The zero-order valence-corrected chi connectivity index (χ0v) is 15.9. The molecule has 26 heavy (non-hydrogen) atoms. The van der Waals surface area contributed by atoms with E-state index < -0.39 is 0 Å². The predicted molar refractivity (Wildman–Crippen MR) is 104 cm³/mol. The summed E-state index contributed by atoms with van der Waals surface area (Å²) in [6, 6.07) is 11.3. The Labute approximate surface area is 157 Å². The number of aromatic nitrogens is 3. The fourth-order valence-corrected chi connectivity index (χ4v) is 4.32. The summed E-state index contributed by atoms with van der Waals surface area (Å²) in [5.74, 6) is 0.950. The SMILES string of the molecule is CC(C)Cc1nnc(NC(=O)c2ccc(-c3nc4ccccc4s3)o2)s1. The molecule has 4 rings (SSSR count). The van der Waals surface area contributed by atoms with E-state index in [9.17, 15) is 4.79 Å². The van der Waals surface area contributed by atoms with Gasteiger partial charge in [-0.25, -0.2) is 4.98 Å². The molecular weight excluding hydrogens is 368 g/mol. The molecule has 1 aromatic carbocycles. The highest BCUT2D eigenvalue weighted by Gasteiger charge is 2.17. The fourth-order valence-electron chi connectivity index (χ4n) is 2.45. The molecule has 0 unspecified atom stereocenters. The number of benzene rings is 1. The number of hydrogen-bond acceptors (Lipinski definition) is 7. The molecule has 0 fully saturated rings. The van der Waals surface area contributed by atoms with Crippen LogP contribution in [0.25, 0.3) is 21.0 Å². The van der Waals surface area contributed by atoms with Crippen molar-refractivity contribution in [3.05, 3.63) is 47.2 Å². The highest BCUT2D eigenvalue weighted by Crippen LogP contribution is 2.31. The number of fused-ring (bicyclic) bond motifs is 1. The van der Waals surface area contributed by atoms with Gasteiger partial charge in [0.25, 0.3) is 5.91 Å². The molecule has 6 nitrogen and oxygen atoms in total. The van der Waals surface area contributed by atoms with Gasteiger partial charge >= 0.3 is 0 Å². The van der Waals surface area contributed by atoms with E-state index in [1.54, 1.807) is 12.1 Å². The average Bonchev–Trinajstić information content (AvgIpc) is 3.32. The maximum atomic E-state index is 12.4. The maximum Gasteiger partial charge on any atom is 0.293 e. The number of para-hydroxylation sites is 1. The molecular formula is C18H16N4O2S2. The van der Waals surface area contributed by atoms with Crippen LogP contribution >= 0.6 is 22.7 Å². The molecule has 0 aliphatic rings. The smallest absolute Gasteiger partial charge is 0.293 e. The zero-order valence-electron chi connectivity index (χ0n) is 14.2. The third kappa shape index (κ3) is 3.51. The Morgan fingerprint density at radius 3 is 2.81 bits per heavy atom. The van der Waals surface area contributed by atoms with Gasteiger partial charge in [0.05, 0.1) is 10.2 Å². The van der Waals surface area contributed by atoms with Crippen molar-refractivity contribution in [2.24, 2.45) is 5.92 Å². The van der Waals surface area contributed by atoms with Crippen LogP contribution < -0.4 is 5.32 Å². The minimum atomic E-state index is -0.343. The van der Waals surface area contributed by atoms with Crippen molar-refractivity contribution in [1.29, 1.82) is 0 Å². The van der Waals surface area contributed by atoms with E-state index >= 15 is 0 Å². The van der Waals surface area contributed by atoms with Crippen LogP contribution in [0.15, 0.2) is 40.8 Å². The maximum absolute atomic E-state index is 12.4. The summed E-state index contributed by atoms with van der Waals surface area (Å²) in [7, 11) is 0. The second-order valence-corrected chi connectivity index (χ2v) is 8.30. The molecule has 0 saturated carbocycles. The third-order valence-electron chi connectivity index (χ3n) is 3.60. The Bertz CT molecular complexity index is 1030. The monoisotopic (exact) mass is 384 g/mol. The van der Waals surface area contributed by atoms with Gasteiger partial charge in [-0.15, -0.1) is 21.5 Å². The lowest BCUT2D eigenvalue weighted by atomic mass is 10.1. The highest BCUT2D eigenvalue weighted by atomic mass is 32.1. The number of carbonyl (C=O) groups excluding carboxylic acids is 1. The van der Waals surface area contributed by atoms with E-state index in [1.165, 1.54) is 22.7 Å². The highest BCUT2D eigenvalue weighted by molar-refractivity contribution is 7.21. The number of nitrogens with zero attached hydrogens (tertiary/aromatic N) is 3. The van der Waals surface area contributed by atoms with Gasteiger partial charge in [-0.3, -0.25) is 10.1 Å². The summed E-state index contributed by atoms with van der Waals surface area (Å²) < 4.78 is 6.78. The van der Waals surface area contributed by atoms with Crippen molar-refractivity contribution >= 4 is 43.9 Å². The predicted octanol–water partition coefficient (Wildman–Crippen LogP) is 4.86. The van der Waals surface area contributed by atoms with Crippen molar-refractivity contribution < 1.29 is 9.21 Å². The molecule has 3 aromatic heterocycles. The van der Waals surface area contributed by atoms with Crippen molar-refractivity contribution in [3.63, 3.8) is 0 Å². The summed E-state index contributed by atoms with van der Waals surface area (Å²) >= 11 is 2.92. The molecule has 0 atom stereocenters. The first-order valence-electron chi connectivity index (χ1n) is 8.18. The number of carbonyl (C=O) groups is 1. The van der Waals surface area contributed by atoms with E-state index in [0.29, 0.717) is 16.8 Å². The van der Waals surface area contributed by atoms with Gasteiger partial charge in [0.15, 0.2) is 16.5 Å². The van der Waals surface area contributed by atoms with Gasteiger partial charge in [-0.1, -0.05) is 37.3 Å². The Kier molecular flexibility index (Phi) is 4.52. The number of rotatable bonds is 5. The summed E-state index contributed by atoms with van der Waals surface area (Å²) in [5.41, 5.74) is 0.918. The molecule has 0 aliphatic carbocycles. The lowest BCUT2D eigenvalue weighted by Crippen LogP contribution is -2.10. The molecule has 8 heteroatoms. The summed E-state index contributed by atoms with van der Waals surface area (Å²) in [5, 5.41) is 13.0. The van der Waals surface area contributed by atoms with E-state index in [-0.39, 0.29) is 11.7 Å². The third-order valence-corrected chi connectivity index (χ3v) is 5.52. The number of furan rings is 1. The van der Waals surface area contributed by atoms with Gasteiger partial charge < -0.3 is 4.42 Å². The molecule has 3 heterocycles. The van der Waals surface area contributed by atoms with Crippen LogP contribution in [0.1, 0.15) is 29.4 Å². The molecule has 1 amide bonds. The van der Waals surface area contributed by atoms with Crippen LogP contribution in [0.2, 0.25) is 0 Å². The van der Waals surface area contributed by atoms with Crippen LogP contribution in [0.5, 0.6) is 0 Å². The molecule has 0 aliphatic heterocycles. The zero-order chi connectivity index (χ0) is 18.1.